The quantitative estimate of drug-likeness (QED) is 0.688. The van der Waals surface area contributed by atoms with E-state index in [0.29, 0.717) is 25.1 Å². The minimum absolute atomic E-state index is 0. The van der Waals surface area contributed by atoms with Gasteiger partial charge in [0.15, 0.2) is 0 Å². The van der Waals surface area contributed by atoms with Crippen molar-refractivity contribution in [1.29, 1.82) is 0 Å². The third-order valence-corrected chi connectivity index (χ3v) is 3.26. The molecule has 0 aromatic heterocycles. The van der Waals surface area contributed by atoms with Crippen LogP contribution in [-0.2, 0) is 4.79 Å². The number of nitrogens with two attached hydrogens (primary N) is 1. The molecule has 4 N–H and O–H groups in total. The summed E-state index contributed by atoms with van der Waals surface area (Å²) in [6.07, 6.45) is 0.593. The highest BCUT2D eigenvalue weighted by atomic mass is 35.5. The molecule has 7 heteroatoms. The monoisotopic (exact) mass is 345 g/mol. The van der Waals surface area contributed by atoms with Crippen molar-refractivity contribution in [3.63, 3.8) is 0 Å². The van der Waals surface area contributed by atoms with E-state index in [-0.39, 0.29) is 35.5 Å². The number of amides is 2. The maximum absolute atomic E-state index is 12.7. The lowest BCUT2D eigenvalue weighted by molar-refractivity contribution is -0.124. The van der Waals surface area contributed by atoms with Crippen LogP contribution in [0.5, 0.6) is 0 Å². The number of benzene rings is 1. The Morgan fingerprint density at radius 3 is 2.17 bits per heavy atom. The van der Waals surface area contributed by atoms with Crippen LogP contribution in [0.15, 0.2) is 24.3 Å². The molecule has 0 saturated carbocycles. The van der Waals surface area contributed by atoms with Gasteiger partial charge in [-0.05, 0) is 36.1 Å². The van der Waals surface area contributed by atoms with E-state index < -0.39 is 6.04 Å². The third-order valence-electron chi connectivity index (χ3n) is 3.26. The Morgan fingerprint density at radius 1 is 1.13 bits per heavy atom. The fraction of sp³-hybridized carbons (Fsp3) is 0.500. The summed E-state index contributed by atoms with van der Waals surface area (Å²) in [6.45, 7) is 6.56. The Labute approximate surface area is 142 Å². The molecule has 0 bridgehead atoms. The number of nitrogens with one attached hydrogen (secondary N) is 2. The first-order valence-electron chi connectivity index (χ1n) is 7.29. The highest BCUT2D eigenvalue weighted by Gasteiger charge is 2.26. The number of rotatable bonds is 6. The summed E-state index contributed by atoms with van der Waals surface area (Å²) in [6, 6.07) is 4.76. The summed E-state index contributed by atoms with van der Waals surface area (Å²) in [7, 11) is 0. The molecule has 23 heavy (non-hydrogen) atoms. The first-order chi connectivity index (χ1) is 10.2. The van der Waals surface area contributed by atoms with Gasteiger partial charge in [0, 0.05) is 18.7 Å². The summed E-state index contributed by atoms with van der Waals surface area (Å²) in [5.41, 5.74) is 5.95. The summed E-state index contributed by atoms with van der Waals surface area (Å²) in [4.78, 5) is 23.5. The van der Waals surface area contributed by atoms with Crippen molar-refractivity contribution in [2.45, 2.75) is 33.2 Å². The second-order valence-electron chi connectivity index (χ2n) is 6.25. The number of carbonyl (C=O) groups is 2. The van der Waals surface area contributed by atoms with E-state index in [4.69, 9.17) is 5.73 Å². The minimum atomic E-state index is -0.568. The molecule has 0 aliphatic heterocycles. The van der Waals surface area contributed by atoms with Crippen LogP contribution < -0.4 is 16.4 Å². The predicted molar refractivity (Wildman–Crippen MR) is 91.0 cm³/mol. The van der Waals surface area contributed by atoms with Gasteiger partial charge in [0.1, 0.15) is 5.82 Å². The molecule has 0 saturated heterocycles. The van der Waals surface area contributed by atoms with Crippen molar-refractivity contribution >= 4 is 24.2 Å². The van der Waals surface area contributed by atoms with Gasteiger partial charge in [-0.25, -0.2) is 4.39 Å². The molecular weight excluding hydrogens is 321 g/mol. The zero-order valence-electron chi connectivity index (χ0n) is 13.7. The van der Waals surface area contributed by atoms with Crippen molar-refractivity contribution in [3.8, 4) is 0 Å². The predicted octanol–water partition coefficient (Wildman–Crippen LogP) is 1.86. The van der Waals surface area contributed by atoms with Gasteiger partial charge in [0.25, 0.3) is 5.91 Å². The van der Waals surface area contributed by atoms with Gasteiger partial charge < -0.3 is 16.4 Å². The molecular formula is C16H25ClFN3O2. The molecule has 0 fully saturated rings. The van der Waals surface area contributed by atoms with Gasteiger partial charge in [0.2, 0.25) is 5.91 Å². The van der Waals surface area contributed by atoms with E-state index in [2.05, 4.69) is 10.6 Å². The number of halogens is 2. The topological polar surface area (TPSA) is 84.2 Å². The molecule has 0 spiro atoms. The third kappa shape index (κ3) is 7.43. The molecule has 130 valence electrons. The van der Waals surface area contributed by atoms with Crippen LogP contribution >= 0.6 is 12.4 Å². The molecule has 0 aliphatic rings. The second kappa shape index (κ2) is 9.47. The maximum atomic E-state index is 12.7. The summed E-state index contributed by atoms with van der Waals surface area (Å²) >= 11 is 0. The van der Waals surface area contributed by atoms with E-state index in [9.17, 15) is 14.0 Å². The SMILES string of the molecule is CC(C)(C)[C@H](N)C(=O)NCCCNC(=O)c1ccc(F)cc1.Cl. The fourth-order valence-electron chi connectivity index (χ4n) is 1.71. The van der Waals surface area contributed by atoms with Crippen molar-refractivity contribution in [2.75, 3.05) is 13.1 Å². The van der Waals surface area contributed by atoms with Crippen LogP contribution in [0.2, 0.25) is 0 Å². The Kier molecular flexibility index (Phi) is 8.79. The molecule has 0 unspecified atom stereocenters. The van der Waals surface area contributed by atoms with Gasteiger partial charge in [-0.2, -0.15) is 0 Å². The van der Waals surface area contributed by atoms with Crippen molar-refractivity contribution in [2.24, 2.45) is 11.1 Å². The van der Waals surface area contributed by atoms with Crippen LogP contribution in [0.25, 0.3) is 0 Å². The molecule has 0 aliphatic carbocycles. The summed E-state index contributed by atoms with van der Waals surface area (Å²) in [5, 5.41) is 5.45. The zero-order chi connectivity index (χ0) is 16.8. The van der Waals surface area contributed by atoms with Gasteiger partial charge in [-0.15, -0.1) is 12.4 Å². The average molecular weight is 346 g/mol. The standard InChI is InChI=1S/C16H24FN3O2.ClH/c1-16(2,3)13(18)15(22)20-10-4-9-19-14(21)11-5-7-12(17)8-6-11;/h5-8,13H,4,9-10,18H2,1-3H3,(H,19,21)(H,20,22);1H/t13-;/m1./s1. The first-order valence-corrected chi connectivity index (χ1v) is 7.29. The molecule has 1 aromatic rings. The molecule has 1 aromatic carbocycles. The van der Waals surface area contributed by atoms with E-state index in [1.165, 1.54) is 24.3 Å². The zero-order valence-corrected chi connectivity index (χ0v) is 14.5. The molecule has 2 amide bonds. The smallest absolute Gasteiger partial charge is 0.251 e. The van der Waals surface area contributed by atoms with Crippen molar-refractivity contribution in [3.05, 3.63) is 35.6 Å². The first kappa shape index (κ1) is 21.3. The summed E-state index contributed by atoms with van der Waals surface area (Å²) in [5.74, 6) is -0.843. The Bertz CT molecular complexity index is 515. The lowest BCUT2D eigenvalue weighted by Crippen LogP contribution is -2.49. The minimum Gasteiger partial charge on any atom is -0.355 e. The molecule has 0 heterocycles. The molecule has 0 radical (unpaired) electrons. The second-order valence-corrected chi connectivity index (χ2v) is 6.25. The fourth-order valence-corrected chi connectivity index (χ4v) is 1.71. The summed E-state index contributed by atoms with van der Waals surface area (Å²) < 4.78 is 12.7. The van der Waals surface area contributed by atoms with Gasteiger partial charge in [-0.1, -0.05) is 20.8 Å². The van der Waals surface area contributed by atoms with Crippen LogP contribution in [0.3, 0.4) is 0 Å². The molecule has 1 atom stereocenters. The largest absolute Gasteiger partial charge is 0.355 e. The number of hydrogen-bond donors (Lipinski definition) is 3. The van der Waals surface area contributed by atoms with E-state index in [1.807, 2.05) is 20.8 Å². The normalized spacial score (nSPS) is 12.0. The average Bonchev–Trinajstić information content (AvgIpc) is 2.45. The lowest BCUT2D eigenvalue weighted by atomic mass is 9.87. The van der Waals surface area contributed by atoms with Gasteiger partial charge in [0.05, 0.1) is 6.04 Å². The Hall–Kier alpha value is -1.66. The van der Waals surface area contributed by atoms with Crippen molar-refractivity contribution in [1.82, 2.24) is 10.6 Å². The highest BCUT2D eigenvalue weighted by Crippen LogP contribution is 2.16. The molecule has 5 nitrogen and oxygen atoms in total. The number of carbonyl (C=O) groups excluding carboxylic acids is 2. The van der Waals surface area contributed by atoms with Crippen LogP contribution in [0, 0.1) is 11.2 Å². The van der Waals surface area contributed by atoms with Crippen LogP contribution in [0.1, 0.15) is 37.6 Å². The molecule has 1 rings (SSSR count). The van der Waals surface area contributed by atoms with Gasteiger partial charge >= 0.3 is 0 Å². The van der Waals surface area contributed by atoms with Crippen LogP contribution in [-0.4, -0.2) is 30.9 Å². The van der Waals surface area contributed by atoms with E-state index >= 15 is 0 Å². The Balaban J connectivity index is 0.00000484. The van der Waals surface area contributed by atoms with Crippen LogP contribution in [0.4, 0.5) is 4.39 Å². The highest BCUT2D eigenvalue weighted by molar-refractivity contribution is 5.94. The maximum Gasteiger partial charge on any atom is 0.251 e. The van der Waals surface area contributed by atoms with E-state index in [1.54, 1.807) is 0 Å². The van der Waals surface area contributed by atoms with E-state index in [0.717, 1.165) is 0 Å². The Morgan fingerprint density at radius 2 is 1.65 bits per heavy atom. The van der Waals surface area contributed by atoms with Crippen molar-refractivity contribution < 1.29 is 14.0 Å². The number of hydrogen-bond acceptors (Lipinski definition) is 3. The lowest BCUT2D eigenvalue weighted by Gasteiger charge is -2.25. The van der Waals surface area contributed by atoms with Gasteiger partial charge in [-0.3, -0.25) is 9.59 Å².